The van der Waals surface area contributed by atoms with Gasteiger partial charge in [-0.3, -0.25) is 14.7 Å². The van der Waals surface area contributed by atoms with Crippen molar-refractivity contribution in [2.75, 3.05) is 38.3 Å². The first-order valence-corrected chi connectivity index (χ1v) is 11.0. The van der Waals surface area contributed by atoms with Gasteiger partial charge in [-0.05, 0) is 44.9 Å². The van der Waals surface area contributed by atoms with E-state index in [2.05, 4.69) is 20.9 Å². The lowest BCUT2D eigenvalue weighted by Crippen LogP contribution is -2.47. The van der Waals surface area contributed by atoms with Crippen LogP contribution in [0.5, 0.6) is 11.5 Å². The van der Waals surface area contributed by atoms with E-state index in [9.17, 15) is 4.79 Å². The molecule has 1 aromatic carbocycles. The van der Waals surface area contributed by atoms with Gasteiger partial charge in [0.2, 0.25) is 5.95 Å². The Morgan fingerprint density at radius 2 is 2.00 bits per heavy atom. The van der Waals surface area contributed by atoms with Crippen LogP contribution in [0.1, 0.15) is 37.6 Å². The van der Waals surface area contributed by atoms with Crippen LogP contribution in [0.4, 0.5) is 5.95 Å². The van der Waals surface area contributed by atoms with Gasteiger partial charge in [0.05, 0.1) is 31.6 Å². The van der Waals surface area contributed by atoms with Crippen molar-refractivity contribution >= 4 is 5.95 Å². The topological polar surface area (TPSA) is 79.9 Å². The van der Waals surface area contributed by atoms with Gasteiger partial charge in [-0.25, -0.2) is 4.98 Å². The molecule has 8 heteroatoms. The van der Waals surface area contributed by atoms with Crippen molar-refractivity contribution in [1.29, 1.82) is 0 Å². The van der Waals surface area contributed by atoms with Crippen LogP contribution >= 0.6 is 0 Å². The Balaban J connectivity index is 1.51. The van der Waals surface area contributed by atoms with Crippen LogP contribution in [0.2, 0.25) is 0 Å². The number of nitrogens with zero attached hydrogens (tertiary/aromatic N) is 3. The van der Waals surface area contributed by atoms with Crippen molar-refractivity contribution in [3.63, 3.8) is 0 Å². The van der Waals surface area contributed by atoms with Crippen LogP contribution in [-0.2, 0) is 24.2 Å². The molecule has 3 heterocycles. The zero-order valence-electron chi connectivity index (χ0n) is 18.8. The highest BCUT2D eigenvalue weighted by Gasteiger charge is 2.27. The van der Waals surface area contributed by atoms with Crippen LogP contribution in [0.3, 0.4) is 0 Å². The van der Waals surface area contributed by atoms with E-state index in [4.69, 9.17) is 19.2 Å². The third-order valence-corrected chi connectivity index (χ3v) is 5.79. The predicted octanol–water partition coefficient (Wildman–Crippen LogP) is 2.35. The van der Waals surface area contributed by atoms with Gasteiger partial charge >= 0.3 is 0 Å². The maximum absolute atomic E-state index is 12.7. The van der Waals surface area contributed by atoms with Gasteiger partial charge in [0.15, 0.2) is 11.5 Å². The van der Waals surface area contributed by atoms with Crippen LogP contribution < -0.4 is 19.9 Å². The van der Waals surface area contributed by atoms with Crippen LogP contribution in [0.15, 0.2) is 23.0 Å². The first-order valence-electron chi connectivity index (χ1n) is 11.0. The third kappa shape index (κ3) is 4.85. The molecule has 2 unspecified atom stereocenters. The van der Waals surface area contributed by atoms with Gasteiger partial charge in [-0.15, -0.1) is 0 Å². The molecule has 2 atom stereocenters. The molecule has 8 nitrogen and oxygen atoms in total. The number of benzene rings is 1. The van der Waals surface area contributed by atoms with E-state index in [1.807, 2.05) is 32.9 Å². The maximum atomic E-state index is 12.7. The van der Waals surface area contributed by atoms with Crippen molar-refractivity contribution in [3.05, 3.63) is 45.4 Å². The quantitative estimate of drug-likeness (QED) is 0.757. The van der Waals surface area contributed by atoms with Gasteiger partial charge in [0, 0.05) is 38.3 Å². The Kier molecular flexibility index (Phi) is 6.48. The van der Waals surface area contributed by atoms with Gasteiger partial charge in [0.25, 0.3) is 5.56 Å². The summed E-state index contributed by atoms with van der Waals surface area (Å²) in [5.41, 5.74) is 2.80. The highest BCUT2D eigenvalue weighted by molar-refractivity contribution is 5.43. The molecule has 0 spiro atoms. The SMILES string of the molecule is CCOc1ccc(CN2CCc3c(nc(N4CC(C)OC(C)C4)[nH]c3=O)C2)cc1OC. The number of aromatic amines is 1. The lowest BCUT2D eigenvalue weighted by Gasteiger charge is -2.36. The molecular weight excluding hydrogens is 396 g/mol. The number of H-pyrrole nitrogens is 1. The largest absolute Gasteiger partial charge is 0.493 e. The summed E-state index contributed by atoms with van der Waals surface area (Å²) in [5.74, 6) is 2.14. The van der Waals surface area contributed by atoms with Crippen LogP contribution in [0, 0.1) is 0 Å². The highest BCUT2D eigenvalue weighted by Crippen LogP contribution is 2.29. The normalized spacial score (nSPS) is 21.6. The van der Waals surface area contributed by atoms with E-state index < -0.39 is 0 Å². The summed E-state index contributed by atoms with van der Waals surface area (Å²) in [4.78, 5) is 25.0. The number of aromatic nitrogens is 2. The first kappa shape index (κ1) is 21.6. The Morgan fingerprint density at radius 3 is 2.71 bits per heavy atom. The zero-order chi connectivity index (χ0) is 22.0. The average Bonchev–Trinajstić information content (AvgIpc) is 2.74. The van der Waals surface area contributed by atoms with E-state index in [0.29, 0.717) is 25.5 Å². The molecular formula is C23H32N4O4. The summed E-state index contributed by atoms with van der Waals surface area (Å²) in [6.07, 6.45) is 0.912. The molecule has 1 aromatic heterocycles. The molecule has 1 fully saturated rings. The van der Waals surface area contributed by atoms with Gasteiger partial charge in [0.1, 0.15) is 0 Å². The maximum Gasteiger partial charge on any atom is 0.255 e. The summed E-state index contributed by atoms with van der Waals surface area (Å²) >= 11 is 0. The molecule has 168 valence electrons. The van der Waals surface area contributed by atoms with Crippen molar-refractivity contribution in [2.24, 2.45) is 0 Å². The summed E-state index contributed by atoms with van der Waals surface area (Å²) in [6, 6.07) is 6.04. The van der Waals surface area contributed by atoms with E-state index in [0.717, 1.165) is 54.5 Å². The summed E-state index contributed by atoms with van der Waals surface area (Å²) < 4.78 is 16.9. The number of morpholine rings is 1. The van der Waals surface area contributed by atoms with Crippen LogP contribution in [-0.4, -0.2) is 60.4 Å². The summed E-state index contributed by atoms with van der Waals surface area (Å²) in [6.45, 7) is 10.3. The minimum absolute atomic E-state index is 0.0193. The van der Waals surface area contributed by atoms with Crippen molar-refractivity contribution in [1.82, 2.24) is 14.9 Å². The lowest BCUT2D eigenvalue weighted by molar-refractivity contribution is -0.00576. The second-order valence-corrected chi connectivity index (χ2v) is 8.36. The van der Waals surface area contributed by atoms with Gasteiger partial charge in [-0.1, -0.05) is 6.07 Å². The molecule has 2 aromatic rings. The van der Waals surface area contributed by atoms with E-state index in [1.165, 1.54) is 0 Å². The molecule has 31 heavy (non-hydrogen) atoms. The lowest BCUT2D eigenvalue weighted by atomic mass is 10.1. The summed E-state index contributed by atoms with van der Waals surface area (Å²) in [7, 11) is 1.66. The minimum Gasteiger partial charge on any atom is -0.493 e. The van der Waals surface area contributed by atoms with Crippen molar-refractivity contribution < 1.29 is 14.2 Å². The fraction of sp³-hybridized carbons (Fsp3) is 0.565. The van der Waals surface area contributed by atoms with E-state index >= 15 is 0 Å². The number of nitrogens with one attached hydrogen (secondary N) is 1. The second-order valence-electron chi connectivity index (χ2n) is 8.36. The number of rotatable bonds is 6. The van der Waals surface area contributed by atoms with Crippen LogP contribution in [0.25, 0.3) is 0 Å². The zero-order valence-corrected chi connectivity index (χ0v) is 18.8. The molecule has 0 saturated carbocycles. The number of hydrogen-bond donors (Lipinski definition) is 1. The molecule has 0 radical (unpaired) electrons. The second kappa shape index (κ2) is 9.28. The number of hydrogen-bond acceptors (Lipinski definition) is 7. The van der Waals surface area contributed by atoms with Gasteiger partial charge < -0.3 is 19.1 Å². The Labute approximate surface area is 183 Å². The standard InChI is InChI=1S/C23H32N4O4/c1-5-30-20-7-6-17(10-21(20)29-4)13-26-9-8-18-19(14-26)24-23(25-22(18)28)27-11-15(2)31-16(3)12-27/h6-7,10,15-16H,5,8-9,11-14H2,1-4H3,(H,24,25,28). The first-order chi connectivity index (χ1) is 15.0. The Bertz CT molecular complexity index is 967. The monoisotopic (exact) mass is 428 g/mol. The highest BCUT2D eigenvalue weighted by atomic mass is 16.5. The molecule has 1 saturated heterocycles. The number of anilines is 1. The van der Waals surface area contributed by atoms with Crippen molar-refractivity contribution in [2.45, 2.75) is 52.5 Å². The summed E-state index contributed by atoms with van der Waals surface area (Å²) in [5, 5.41) is 0. The Morgan fingerprint density at radius 1 is 1.23 bits per heavy atom. The number of methoxy groups -OCH3 is 1. The fourth-order valence-electron chi connectivity index (χ4n) is 4.46. The van der Waals surface area contributed by atoms with Gasteiger partial charge in [-0.2, -0.15) is 0 Å². The molecule has 2 aliphatic heterocycles. The molecule has 1 N–H and O–H groups in total. The average molecular weight is 429 g/mol. The molecule has 2 aliphatic rings. The smallest absolute Gasteiger partial charge is 0.255 e. The van der Waals surface area contributed by atoms with E-state index in [1.54, 1.807) is 7.11 Å². The third-order valence-electron chi connectivity index (χ3n) is 5.79. The number of ether oxygens (including phenoxy) is 3. The number of fused-ring (bicyclic) bond motifs is 1. The molecule has 0 aliphatic carbocycles. The predicted molar refractivity (Wildman–Crippen MR) is 119 cm³/mol. The minimum atomic E-state index is -0.0193. The van der Waals surface area contributed by atoms with E-state index in [-0.39, 0.29) is 17.8 Å². The Hall–Kier alpha value is -2.58. The fourth-order valence-corrected chi connectivity index (χ4v) is 4.46. The van der Waals surface area contributed by atoms with Crippen molar-refractivity contribution in [3.8, 4) is 11.5 Å². The molecule has 0 amide bonds. The molecule has 4 rings (SSSR count). The molecule has 0 bridgehead atoms.